The van der Waals surface area contributed by atoms with Crippen LogP contribution in [0.5, 0.6) is 0 Å². The first-order valence-corrected chi connectivity index (χ1v) is 5.79. The Hall–Kier alpha value is -2.16. The van der Waals surface area contributed by atoms with E-state index in [9.17, 15) is 9.90 Å². The van der Waals surface area contributed by atoms with Gasteiger partial charge in [0.1, 0.15) is 5.92 Å². The second-order valence-corrected chi connectivity index (χ2v) is 4.42. The summed E-state index contributed by atoms with van der Waals surface area (Å²) < 4.78 is 0. The predicted molar refractivity (Wildman–Crippen MR) is 69.6 cm³/mol. The number of hydrogen-bond acceptors (Lipinski definition) is 2. The summed E-state index contributed by atoms with van der Waals surface area (Å²) in [4.78, 5) is 15.5. The number of nitrogens with zero attached hydrogens (tertiary/aromatic N) is 1. The molecule has 2 aromatic rings. The van der Waals surface area contributed by atoms with E-state index in [2.05, 4.69) is 4.98 Å². The van der Waals surface area contributed by atoms with Gasteiger partial charge in [-0.2, -0.15) is 0 Å². The lowest BCUT2D eigenvalue weighted by atomic mass is 9.89. The predicted octanol–water partition coefficient (Wildman–Crippen LogP) is 2.91. The summed E-state index contributed by atoms with van der Waals surface area (Å²) in [5.74, 6) is -1.51. The Labute approximate surface area is 106 Å². The Morgan fingerprint density at radius 2 is 2.06 bits per heavy atom. The van der Waals surface area contributed by atoms with E-state index < -0.39 is 11.9 Å². The lowest BCUT2D eigenvalue weighted by Gasteiger charge is -2.15. The molecule has 0 fully saturated rings. The molecular formula is C15H15NO2. The van der Waals surface area contributed by atoms with Gasteiger partial charge in [-0.05, 0) is 36.6 Å². The van der Waals surface area contributed by atoms with E-state index in [1.807, 2.05) is 32.0 Å². The van der Waals surface area contributed by atoms with E-state index in [-0.39, 0.29) is 0 Å². The normalized spacial score (nSPS) is 12.1. The fourth-order valence-corrected chi connectivity index (χ4v) is 2.15. The molecule has 3 nitrogen and oxygen atoms in total. The third-order valence-corrected chi connectivity index (χ3v) is 3.00. The van der Waals surface area contributed by atoms with Crippen LogP contribution >= 0.6 is 0 Å². The molecule has 1 unspecified atom stereocenters. The molecule has 18 heavy (non-hydrogen) atoms. The monoisotopic (exact) mass is 241 g/mol. The van der Waals surface area contributed by atoms with Gasteiger partial charge >= 0.3 is 5.97 Å². The SMILES string of the molecule is Cc1ccc(C(C(=O)O)c2cccnc2)c(C)c1. The first kappa shape index (κ1) is 12.3. The number of pyridine rings is 1. The molecule has 0 aliphatic rings. The van der Waals surface area contributed by atoms with Crippen LogP contribution in [0, 0.1) is 13.8 Å². The van der Waals surface area contributed by atoms with Crippen molar-refractivity contribution in [2.45, 2.75) is 19.8 Å². The summed E-state index contributed by atoms with van der Waals surface area (Å²) >= 11 is 0. The fraction of sp³-hybridized carbons (Fsp3) is 0.200. The molecule has 0 aliphatic heterocycles. The van der Waals surface area contributed by atoms with E-state index in [1.54, 1.807) is 24.5 Å². The quantitative estimate of drug-likeness (QED) is 0.898. The average molecular weight is 241 g/mol. The molecule has 92 valence electrons. The highest BCUT2D eigenvalue weighted by molar-refractivity contribution is 5.80. The number of aliphatic carboxylic acids is 1. The molecule has 0 bridgehead atoms. The highest BCUT2D eigenvalue weighted by Gasteiger charge is 2.23. The van der Waals surface area contributed by atoms with E-state index in [0.29, 0.717) is 5.56 Å². The molecule has 0 aliphatic carbocycles. The standard InChI is InChI=1S/C15H15NO2/c1-10-5-6-13(11(2)8-10)14(15(17)18)12-4-3-7-16-9-12/h3-9,14H,1-2H3,(H,17,18). The van der Waals surface area contributed by atoms with Gasteiger partial charge in [0.25, 0.3) is 0 Å². The van der Waals surface area contributed by atoms with E-state index in [0.717, 1.165) is 16.7 Å². The number of carboxylic acids is 1. The van der Waals surface area contributed by atoms with Gasteiger partial charge < -0.3 is 5.11 Å². The van der Waals surface area contributed by atoms with Crippen LogP contribution in [0.4, 0.5) is 0 Å². The molecule has 1 N–H and O–H groups in total. The van der Waals surface area contributed by atoms with Crippen molar-refractivity contribution in [1.29, 1.82) is 0 Å². The van der Waals surface area contributed by atoms with Crippen molar-refractivity contribution in [3.8, 4) is 0 Å². The molecule has 0 saturated carbocycles. The van der Waals surface area contributed by atoms with Gasteiger partial charge in [0.2, 0.25) is 0 Å². The Morgan fingerprint density at radius 1 is 1.28 bits per heavy atom. The Balaban J connectivity index is 2.52. The van der Waals surface area contributed by atoms with Crippen LogP contribution in [0.25, 0.3) is 0 Å². The minimum Gasteiger partial charge on any atom is -0.481 e. The zero-order valence-corrected chi connectivity index (χ0v) is 10.4. The zero-order chi connectivity index (χ0) is 13.1. The summed E-state index contributed by atoms with van der Waals surface area (Å²) in [6, 6.07) is 9.38. The number of aromatic nitrogens is 1. The maximum Gasteiger partial charge on any atom is 0.315 e. The molecule has 3 heteroatoms. The van der Waals surface area contributed by atoms with Crippen LogP contribution in [0.3, 0.4) is 0 Å². The molecule has 1 aromatic carbocycles. The number of hydrogen-bond donors (Lipinski definition) is 1. The van der Waals surface area contributed by atoms with Gasteiger partial charge in [-0.1, -0.05) is 29.8 Å². The molecule has 0 saturated heterocycles. The van der Waals surface area contributed by atoms with Crippen molar-refractivity contribution in [3.05, 3.63) is 65.0 Å². The van der Waals surface area contributed by atoms with Gasteiger partial charge in [-0.15, -0.1) is 0 Å². The van der Waals surface area contributed by atoms with Crippen LogP contribution in [0.1, 0.15) is 28.2 Å². The smallest absolute Gasteiger partial charge is 0.315 e. The summed E-state index contributed by atoms with van der Waals surface area (Å²) in [6.45, 7) is 3.94. The van der Waals surface area contributed by atoms with E-state index >= 15 is 0 Å². The lowest BCUT2D eigenvalue weighted by Crippen LogP contribution is -2.14. The summed E-state index contributed by atoms with van der Waals surface area (Å²) in [7, 11) is 0. The molecular weight excluding hydrogens is 226 g/mol. The van der Waals surface area contributed by atoms with Crippen LogP contribution in [0.2, 0.25) is 0 Å². The third kappa shape index (κ3) is 2.40. The van der Waals surface area contributed by atoms with Gasteiger partial charge in [0.05, 0.1) is 0 Å². The van der Waals surface area contributed by atoms with Crippen molar-refractivity contribution in [2.75, 3.05) is 0 Å². The highest BCUT2D eigenvalue weighted by Crippen LogP contribution is 2.27. The number of rotatable bonds is 3. The first-order valence-electron chi connectivity index (χ1n) is 5.79. The number of benzene rings is 1. The minimum absolute atomic E-state index is 0.653. The van der Waals surface area contributed by atoms with Crippen molar-refractivity contribution < 1.29 is 9.90 Å². The maximum absolute atomic E-state index is 11.5. The third-order valence-electron chi connectivity index (χ3n) is 3.00. The molecule has 1 heterocycles. The Bertz CT molecular complexity index is 564. The van der Waals surface area contributed by atoms with Gasteiger partial charge in [0.15, 0.2) is 0 Å². The van der Waals surface area contributed by atoms with E-state index in [4.69, 9.17) is 0 Å². The lowest BCUT2D eigenvalue weighted by molar-refractivity contribution is -0.137. The topological polar surface area (TPSA) is 50.2 Å². The maximum atomic E-state index is 11.5. The van der Waals surface area contributed by atoms with Gasteiger partial charge in [0, 0.05) is 12.4 Å². The average Bonchev–Trinajstić information content (AvgIpc) is 2.33. The minimum atomic E-state index is -0.852. The largest absolute Gasteiger partial charge is 0.481 e. The van der Waals surface area contributed by atoms with Crippen LogP contribution in [-0.2, 0) is 4.79 Å². The Morgan fingerprint density at radius 3 is 2.61 bits per heavy atom. The summed E-state index contributed by atoms with van der Waals surface area (Å²) in [6.07, 6.45) is 3.25. The molecule has 1 aromatic heterocycles. The zero-order valence-electron chi connectivity index (χ0n) is 10.4. The van der Waals surface area contributed by atoms with Gasteiger partial charge in [-0.3, -0.25) is 9.78 Å². The van der Waals surface area contributed by atoms with E-state index in [1.165, 1.54) is 0 Å². The summed E-state index contributed by atoms with van der Waals surface area (Å²) in [5.41, 5.74) is 3.65. The van der Waals surface area contributed by atoms with Crippen molar-refractivity contribution >= 4 is 5.97 Å². The Kier molecular flexibility index (Phi) is 3.42. The van der Waals surface area contributed by atoms with Gasteiger partial charge in [-0.25, -0.2) is 0 Å². The summed E-state index contributed by atoms with van der Waals surface area (Å²) in [5, 5.41) is 9.45. The molecule has 1 atom stereocenters. The van der Waals surface area contributed by atoms with Crippen molar-refractivity contribution in [3.63, 3.8) is 0 Å². The molecule has 2 rings (SSSR count). The number of carbonyl (C=O) groups is 1. The second-order valence-electron chi connectivity index (χ2n) is 4.42. The molecule has 0 radical (unpaired) electrons. The number of aryl methyl sites for hydroxylation is 2. The fourth-order valence-electron chi connectivity index (χ4n) is 2.15. The van der Waals surface area contributed by atoms with Crippen LogP contribution < -0.4 is 0 Å². The number of carboxylic acid groups (broad SMARTS) is 1. The molecule has 0 spiro atoms. The molecule has 0 amide bonds. The van der Waals surface area contributed by atoms with Crippen molar-refractivity contribution in [1.82, 2.24) is 4.98 Å². The van der Waals surface area contributed by atoms with Crippen molar-refractivity contribution in [2.24, 2.45) is 0 Å². The van der Waals surface area contributed by atoms with Crippen LogP contribution in [0.15, 0.2) is 42.7 Å². The second kappa shape index (κ2) is 5.00. The van der Waals surface area contributed by atoms with Crippen LogP contribution in [-0.4, -0.2) is 16.1 Å². The highest BCUT2D eigenvalue weighted by atomic mass is 16.4. The first-order chi connectivity index (χ1) is 8.59.